The van der Waals surface area contributed by atoms with E-state index in [2.05, 4.69) is 20.9 Å². The number of pyridine rings is 1. The maximum absolute atomic E-state index is 12.1. The molecule has 1 aliphatic rings. The molecule has 18 heavy (non-hydrogen) atoms. The largest absolute Gasteiger partial charge is 0.381 e. The highest BCUT2D eigenvalue weighted by molar-refractivity contribution is 9.10. The van der Waals surface area contributed by atoms with Crippen LogP contribution in [0.2, 0.25) is 0 Å². The molecule has 1 aromatic heterocycles. The number of carbonyl (C=O) groups excluding carboxylic acids is 1. The Balaban J connectivity index is 1.93. The molecule has 1 unspecified atom stereocenters. The van der Waals surface area contributed by atoms with Crippen molar-refractivity contribution >= 4 is 21.8 Å². The standard InChI is InChI=1S/C13H17BrN2O2/c1-16(8-10-3-2-6-18-9-10)13(17)12-5-4-11(14)7-15-12/h4-5,7,10H,2-3,6,8-9H2,1H3. The Morgan fingerprint density at radius 2 is 2.44 bits per heavy atom. The third-order valence-corrected chi connectivity index (χ3v) is 3.55. The second-order valence-corrected chi connectivity index (χ2v) is 5.55. The summed E-state index contributed by atoms with van der Waals surface area (Å²) in [6, 6.07) is 3.57. The van der Waals surface area contributed by atoms with Crippen LogP contribution in [0.4, 0.5) is 0 Å². The summed E-state index contributed by atoms with van der Waals surface area (Å²) in [6.45, 7) is 2.34. The summed E-state index contributed by atoms with van der Waals surface area (Å²) in [4.78, 5) is 18.0. The van der Waals surface area contributed by atoms with Gasteiger partial charge in [-0.3, -0.25) is 4.79 Å². The van der Waals surface area contributed by atoms with Crippen LogP contribution in [0.15, 0.2) is 22.8 Å². The maximum atomic E-state index is 12.1. The van der Waals surface area contributed by atoms with Gasteiger partial charge in [-0.1, -0.05) is 0 Å². The molecule has 0 aliphatic carbocycles. The Hall–Kier alpha value is -0.940. The minimum absolute atomic E-state index is 0.0342. The number of hydrogen-bond donors (Lipinski definition) is 0. The summed E-state index contributed by atoms with van der Waals surface area (Å²) in [5.41, 5.74) is 0.484. The van der Waals surface area contributed by atoms with Crippen molar-refractivity contribution in [2.45, 2.75) is 12.8 Å². The van der Waals surface area contributed by atoms with E-state index in [1.54, 1.807) is 17.2 Å². The lowest BCUT2D eigenvalue weighted by molar-refractivity contribution is 0.0387. The molecule has 2 heterocycles. The summed E-state index contributed by atoms with van der Waals surface area (Å²) in [5, 5.41) is 0. The van der Waals surface area contributed by atoms with Gasteiger partial charge in [-0.2, -0.15) is 0 Å². The molecule has 1 saturated heterocycles. The minimum atomic E-state index is -0.0342. The monoisotopic (exact) mass is 312 g/mol. The predicted octanol–water partition coefficient (Wildman–Crippen LogP) is 2.34. The van der Waals surface area contributed by atoms with Crippen LogP contribution in [0.5, 0.6) is 0 Å². The van der Waals surface area contributed by atoms with Crippen LogP contribution in [-0.4, -0.2) is 42.6 Å². The van der Waals surface area contributed by atoms with Crippen molar-refractivity contribution in [3.05, 3.63) is 28.5 Å². The van der Waals surface area contributed by atoms with Gasteiger partial charge >= 0.3 is 0 Å². The van der Waals surface area contributed by atoms with Crippen molar-refractivity contribution in [1.82, 2.24) is 9.88 Å². The van der Waals surface area contributed by atoms with Gasteiger partial charge in [0.15, 0.2) is 0 Å². The van der Waals surface area contributed by atoms with Crippen LogP contribution >= 0.6 is 15.9 Å². The molecule has 98 valence electrons. The number of halogens is 1. The lowest BCUT2D eigenvalue weighted by Crippen LogP contribution is -2.35. The smallest absolute Gasteiger partial charge is 0.272 e. The molecule has 0 spiro atoms. The summed E-state index contributed by atoms with van der Waals surface area (Å²) in [7, 11) is 1.82. The van der Waals surface area contributed by atoms with Gasteiger partial charge in [0.2, 0.25) is 0 Å². The van der Waals surface area contributed by atoms with Gasteiger partial charge in [-0.05, 0) is 46.8 Å². The highest BCUT2D eigenvalue weighted by Crippen LogP contribution is 2.15. The zero-order chi connectivity index (χ0) is 13.0. The lowest BCUT2D eigenvalue weighted by atomic mass is 10.0. The maximum Gasteiger partial charge on any atom is 0.272 e. The first-order chi connectivity index (χ1) is 8.66. The van der Waals surface area contributed by atoms with Crippen molar-refractivity contribution < 1.29 is 9.53 Å². The van der Waals surface area contributed by atoms with Crippen LogP contribution in [0, 0.1) is 5.92 Å². The molecular weight excluding hydrogens is 296 g/mol. The van der Waals surface area contributed by atoms with Gasteiger partial charge < -0.3 is 9.64 Å². The van der Waals surface area contributed by atoms with Crippen molar-refractivity contribution in [1.29, 1.82) is 0 Å². The predicted molar refractivity (Wildman–Crippen MR) is 72.4 cm³/mol. The van der Waals surface area contributed by atoms with Crippen LogP contribution in [0.25, 0.3) is 0 Å². The molecule has 0 aromatic carbocycles. The molecule has 2 rings (SSSR count). The van der Waals surface area contributed by atoms with Crippen LogP contribution in [-0.2, 0) is 4.74 Å². The molecule has 0 radical (unpaired) electrons. The molecule has 1 aliphatic heterocycles. The van der Waals surface area contributed by atoms with Gasteiger partial charge in [-0.25, -0.2) is 4.98 Å². The zero-order valence-corrected chi connectivity index (χ0v) is 12.0. The third kappa shape index (κ3) is 3.53. The first-order valence-corrected chi connectivity index (χ1v) is 6.91. The highest BCUT2D eigenvalue weighted by atomic mass is 79.9. The topological polar surface area (TPSA) is 42.4 Å². The van der Waals surface area contributed by atoms with Crippen molar-refractivity contribution in [2.75, 3.05) is 26.8 Å². The molecular formula is C13H17BrN2O2. The molecule has 0 N–H and O–H groups in total. The summed E-state index contributed by atoms with van der Waals surface area (Å²) < 4.78 is 6.30. The average Bonchev–Trinajstić information content (AvgIpc) is 2.40. The second-order valence-electron chi connectivity index (χ2n) is 4.63. The van der Waals surface area contributed by atoms with Crippen LogP contribution in [0.3, 0.4) is 0 Å². The van der Waals surface area contributed by atoms with Crippen molar-refractivity contribution in [3.63, 3.8) is 0 Å². The summed E-state index contributed by atoms with van der Waals surface area (Å²) in [5.74, 6) is 0.413. The van der Waals surface area contributed by atoms with E-state index in [0.29, 0.717) is 11.6 Å². The molecule has 1 amide bonds. The number of carbonyl (C=O) groups is 1. The first-order valence-electron chi connectivity index (χ1n) is 6.11. The number of hydrogen-bond acceptors (Lipinski definition) is 3. The average molecular weight is 313 g/mol. The third-order valence-electron chi connectivity index (χ3n) is 3.08. The quantitative estimate of drug-likeness (QED) is 0.860. The summed E-state index contributed by atoms with van der Waals surface area (Å²) >= 11 is 3.31. The van der Waals surface area contributed by atoms with E-state index in [4.69, 9.17) is 4.74 Å². The van der Waals surface area contributed by atoms with Gasteiger partial charge in [0.25, 0.3) is 5.91 Å². The number of aromatic nitrogens is 1. The number of ether oxygens (including phenoxy) is 1. The van der Waals surface area contributed by atoms with Crippen LogP contribution < -0.4 is 0 Å². The number of rotatable bonds is 3. The number of amides is 1. The van der Waals surface area contributed by atoms with Gasteiger partial charge in [-0.15, -0.1) is 0 Å². The zero-order valence-electron chi connectivity index (χ0n) is 10.4. The molecule has 1 aromatic rings. The normalized spacial score (nSPS) is 19.6. The fraction of sp³-hybridized carbons (Fsp3) is 0.538. The number of nitrogens with zero attached hydrogens (tertiary/aromatic N) is 2. The lowest BCUT2D eigenvalue weighted by Gasteiger charge is -2.26. The Morgan fingerprint density at radius 1 is 1.61 bits per heavy atom. The summed E-state index contributed by atoms with van der Waals surface area (Å²) in [6.07, 6.45) is 3.86. The van der Waals surface area contributed by atoms with E-state index >= 15 is 0 Å². The molecule has 4 nitrogen and oxygen atoms in total. The fourth-order valence-electron chi connectivity index (χ4n) is 2.12. The van der Waals surface area contributed by atoms with Crippen molar-refractivity contribution in [3.8, 4) is 0 Å². The second kappa shape index (κ2) is 6.29. The van der Waals surface area contributed by atoms with Gasteiger partial charge in [0.05, 0.1) is 6.61 Å². The van der Waals surface area contributed by atoms with E-state index in [0.717, 1.165) is 37.1 Å². The Labute approximate surface area is 115 Å². The highest BCUT2D eigenvalue weighted by Gasteiger charge is 2.20. The minimum Gasteiger partial charge on any atom is -0.381 e. The van der Waals surface area contributed by atoms with Crippen molar-refractivity contribution in [2.24, 2.45) is 5.92 Å². The van der Waals surface area contributed by atoms with Gasteiger partial charge in [0.1, 0.15) is 5.69 Å². The van der Waals surface area contributed by atoms with E-state index in [9.17, 15) is 4.79 Å². The Bertz CT molecular complexity index is 402. The Morgan fingerprint density at radius 3 is 3.06 bits per heavy atom. The van der Waals surface area contributed by atoms with E-state index in [-0.39, 0.29) is 5.91 Å². The van der Waals surface area contributed by atoms with E-state index in [1.807, 2.05) is 13.1 Å². The molecule has 1 atom stereocenters. The molecule has 1 fully saturated rings. The van der Waals surface area contributed by atoms with Gasteiger partial charge in [0, 0.05) is 30.9 Å². The first kappa shape index (κ1) is 13.5. The SMILES string of the molecule is CN(CC1CCCOC1)C(=O)c1ccc(Br)cn1. The fourth-order valence-corrected chi connectivity index (χ4v) is 2.35. The Kier molecular flexibility index (Phi) is 4.72. The molecule has 0 bridgehead atoms. The molecule has 5 heteroatoms. The van der Waals surface area contributed by atoms with Crippen LogP contribution in [0.1, 0.15) is 23.3 Å². The van der Waals surface area contributed by atoms with E-state index < -0.39 is 0 Å². The molecule has 0 saturated carbocycles. The van der Waals surface area contributed by atoms with E-state index in [1.165, 1.54) is 0 Å².